The van der Waals surface area contributed by atoms with E-state index in [4.69, 9.17) is 14.2 Å². The number of carbonyl (C=O) groups excluding carboxylic acids is 3. The van der Waals surface area contributed by atoms with Gasteiger partial charge in [-0.1, -0.05) is 36.4 Å². The molecular formula is C31H43N5O6. The maximum Gasteiger partial charge on any atom is 0.437 e. The summed E-state index contributed by atoms with van der Waals surface area (Å²) in [5.74, 6) is 0.804. The second-order valence-corrected chi connectivity index (χ2v) is 12.3. The van der Waals surface area contributed by atoms with E-state index in [9.17, 15) is 14.4 Å². The molecule has 228 valence electrons. The predicted molar refractivity (Wildman–Crippen MR) is 160 cm³/mol. The Hall–Kier alpha value is -4.28. The van der Waals surface area contributed by atoms with Crippen molar-refractivity contribution in [3.63, 3.8) is 0 Å². The van der Waals surface area contributed by atoms with Crippen molar-refractivity contribution in [1.82, 2.24) is 19.6 Å². The number of carbonyl (C=O) groups is 3. The molecule has 1 aliphatic rings. The maximum atomic E-state index is 13.7. The Morgan fingerprint density at radius 2 is 1.43 bits per heavy atom. The maximum absolute atomic E-state index is 13.7. The zero-order valence-electron chi connectivity index (χ0n) is 26.1. The SMILES string of the molecule is COc1ccc(Cc2cccc(CN(C(=O)OC(C)(C)C)C(=NC(=O)OC(C)(C)C)N3CN(C)C(=O)N(C)C3)c2)cc1. The summed E-state index contributed by atoms with van der Waals surface area (Å²) < 4.78 is 16.5. The number of ether oxygens (including phenoxy) is 3. The van der Waals surface area contributed by atoms with Crippen molar-refractivity contribution < 1.29 is 28.6 Å². The molecular weight excluding hydrogens is 538 g/mol. The molecule has 0 N–H and O–H groups in total. The van der Waals surface area contributed by atoms with Gasteiger partial charge in [0, 0.05) is 14.1 Å². The number of hydrogen-bond acceptors (Lipinski definition) is 6. The van der Waals surface area contributed by atoms with Gasteiger partial charge < -0.3 is 28.9 Å². The Bertz CT molecular complexity index is 1280. The largest absolute Gasteiger partial charge is 0.497 e. The van der Waals surface area contributed by atoms with Crippen LogP contribution >= 0.6 is 0 Å². The Kier molecular flexibility index (Phi) is 10.1. The van der Waals surface area contributed by atoms with Gasteiger partial charge in [0.05, 0.1) is 27.0 Å². The smallest absolute Gasteiger partial charge is 0.437 e. The molecule has 0 unspecified atom stereocenters. The van der Waals surface area contributed by atoms with Gasteiger partial charge in [-0.25, -0.2) is 19.3 Å². The van der Waals surface area contributed by atoms with Crippen molar-refractivity contribution in [2.75, 3.05) is 34.5 Å². The molecule has 11 nitrogen and oxygen atoms in total. The highest BCUT2D eigenvalue weighted by Crippen LogP contribution is 2.21. The van der Waals surface area contributed by atoms with Crippen molar-refractivity contribution in [2.24, 2.45) is 4.99 Å². The summed E-state index contributed by atoms with van der Waals surface area (Å²) in [6.45, 7) is 10.8. The zero-order chi connectivity index (χ0) is 31.2. The molecule has 2 aromatic rings. The zero-order valence-corrected chi connectivity index (χ0v) is 26.1. The van der Waals surface area contributed by atoms with Gasteiger partial charge in [0.2, 0.25) is 5.96 Å². The van der Waals surface area contributed by atoms with E-state index in [0.717, 1.165) is 22.4 Å². The minimum atomic E-state index is -0.860. The first-order valence-corrected chi connectivity index (χ1v) is 13.8. The van der Waals surface area contributed by atoms with Crippen LogP contribution in [0, 0.1) is 0 Å². The lowest BCUT2D eigenvalue weighted by molar-refractivity contribution is 0.0300. The molecule has 4 amide bonds. The Balaban J connectivity index is 2.02. The van der Waals surface area contributed by atoms with Crippen molar-refractivity contribution in [3.05, 3.63) is 65.2 Å². The van der Waals surface area contributed by atoms with E-state index < -0.39 is 23.4 Å². The molecule has 0 spiro atoms. The number of aliphatic imine (C=N–C) groups is 1. The van der Waals surface area contributed by atoms with Crippen molar-refractivity contribution in [3.8, 4) is 5.75 Å². The van der Waals surface area contributed by atoms with Crippen LogP contribution in [0.3, 0.4) is 0 Å². The molecule has 42 heavy (non-hydrogen) atoms. The summed E-state index contributed by atoms with van der Waals surface area (Å²) in [5, 5.41) is 0. The van der Waals surface area contributed by atoms with Gasteiger partial charge in [0.15, 0.2) is 0 Å². The average Bonchev–Trinajstić information content (AvgIpc) is 2.87. The van der Waals surface area contributed by atoms with E-state index in [0.29, 0.717) is 6.42 Å². The first kappa shape index (κ1) is 32.2. The number of benzene rings is 2. The average molecular weight is 582 g/mol. The van der Waals surface area contributed by atoms with Gasteiger partial charge in [-0.05, 0) is 76.8 Å². The number of rotatable bonds is 5. The summed E-state index contributed by atoms with van der Waals surface area (Å²) in [6, 6.07) is 15.5. The Morgan fingerprint density at radius 3 is 1.98 bits per heavy atom. The topological polar surface area (TPSA) is 104 Å². The fourth-order valence-electron chi connectivity index (χ4n) is 4.30. The summed E-state index contributed by atoms with van der Waals surface area (Å²) in [6.07, 6.45) is -0.874. The van der Waals surface area contributed by atoms with Gasteiger partial charge >= 0.3 is 18.2 Å². The van der Waals surface area contributed by atoms with Gasteiger partial charge in [-0.3, -0.25) is 0 Å². The molecule has 1 fully saturated rings. The fourth-order valence-corrected chi connectivity index (χ4v) is 4.30. The van der Waals surface area contributed by atoms with E-state index in [1.165, 1.54) is 14.7 Å². The number of nitrogens with zero attached hydrogens (tertiary/aromatic N) is 5. The van der Waals surface area contributed by atoms with Gasteiger partial charge in [0.25, 0.3) is 0 Å². The van der Waals surface area contributed by atoms with Gasteiger partial charge in [0.1, 0.15) is 17.0 Å². The van der Waals surface area contributed by atoms with Crippen LogP contribution in [0.2, 0.25) is 0 Å². The van der Waals surface area contributed by atoms with Gasteiger partial charge in [-0.2, -0.15) is 0 Å². The van der Waals surface area contributed by atoms with E-state index in [1.54, 1.807) is 67.6 Å². The third kappa shape index (κ3) is 9.39. The number of hydrogen-bond donors (Lipinski definition) is 0. The van der Waals surface area contributed by atoms with Crippen molar-refractivity contribution in [2.45, 2.75) is 65.7 Å². The minimum absolute atomic E-state index is 0.0188. The van der Waals surface area contributed by atoms with E-state index >= 15 is 0 Å². The van der Waals surface area contributed by atoms with Crippen LogP contribution in [0.5, 0.6) is 5.75 Å². The highest BCUT2D eigenvalue weighted by Gasteiger charge is 2.35. The van der Waals surface area contributed by atoms with Crippen LogP contribution in [0.15, 0.2) is 53.5 Å². The molecule has 3 rings (SSSR count). The fraction of sp³-hybridized carbons (Fsp3) is 0.484. The van der Waals surface area contributed by atoms with Crippen LogP contribution in [0.4, 0.5) is 14.4 Å². The molecule has 1 saturated heterocycles. The van der Waals surface area contributed by atoms with Gasteiger partial charge in [-0.15, -0.1) is 4.99 Å². The number of methoxy groups -OCH3 is 1. The lowest BCUT2D eigenvalue weighted by Crippen LogP contribution is -2.60. The van der Waals surface area contributed by atoms with Crippen LogP contribution < -0.4 is 4.74 Å². The third-order valence-corrected chi connectivity index (χ3v) is 6.04. The standard InChI is InChI=1S/C31H43N5O6/c1-30(2,3)41-27(37)32-26(35-20-33(7)28(38)34(8)21-35)36(29(39)42-31(4,5)6)19-24-12-10-11-23(18-24)17-22-13-15-25(40-9)16-14-22/h10-16,18H,17,19-21H2,1-9H3. The summed E-state index contributed by atoms with van der Waals surface area (Å²) in [7, 11) is 4.90. The quantitative estimate of drug-likeness (QED) is 0.338. The van der Waals surface area contributed by atoms with E-state index in [1.807, 2.05) is 48.5 Å². The van der Waals surface area contributed by atoms with Crippen molar-refractivity contribution >= 4 is 24.2 Å². The second kappa shape index (κ2) is 13.1. The Labute approximate surface area is 248 Å². The molecule has 0 radical (unpaired) electrons. The normalized spacial score (nSPS) is 14.5. The molecule has 1 heterocycles. The van der Waals surface area contributed by atoms with Crippen LogP contribution in [-0.2, 0) is 22.4 Å². The molecule has 0 aliphatic carbocycles. The molecule has 0 saturated carbocycles. The number of urea groups is 1. The van der Waals surface area contributed by atoms with Crippen LogP contribution in [0.25, 0.3) is 0 Å². The molecule has 0 atom stereocenters. The number of amides is 4. The molecule has 0 aromatic heterocycles. The molecule has 11 heteroatoms. The minimum Gasteiger partial charge on any atom is -0.497 e. The third-order valence-electron chi connectivity index (χ3n) is 6.04. The van der Waals surface area contributed by atoms with E-state index in [-0.39, 0.29) is 31.9 Å². The number of guanidine groups is 1. The summed E-state index contributed by atoms with van der Waals surface area (Å²) in [4.78, 5) is 49.4. The summed E-state index contributed by atoms with van der Waals surface area (Å²) >= 11 is 0. The Morgan fingerprint density at radius 1 is 0.857 bits per heavy atom. The lowest BCUT2D eigenvalue weighted by Gasteiger charge is -2.42. The highest BCUT2D eigenvalue weighted by molar-refractivity contribution is 5.99. The monoisotopic (exact) mass is 581 g/mol. The second-order valence-electron chi connectivity index (χ2n) is 12.3. The van der Waals surface area contributed by atoms with Crippen molar-refractivity contribution in [1.29, 1.82) is 0 Å². The molecule has 2 aromatic carbocycles. The predicted octanol–water partition coefficient (Wildman–Crippen LogP) is 5.53. The molecule has 0 bridgehead atoms. The van der Waals surface area contributed by atoms with Crippen LogP contribution in [-0.4, -0.2) is 89.5 Å². The first-order valence-electron chi connectivity index (χ1n) is 13.8. The highest BCUT2D eigenvalue weighted by atomic mass is 16.6. The van der Waals surface area contributed by atoms with E-state index in [2.05, 4.69) is 4.99 Å². The van der Waals surface area contributed by atoms with Crippen LogP contribution in [0.1, 0.15) is 58.2 Å². The lowest BCUT2D eigenvalue weighted by atomic mass is 10.0. The molecule has 1 aliphatic heterocycles. The summed E-state index contributed by atoms with van der Waals surface area (Å²) in [5.41, 5.74) is 1.33. The first-order chi connectivity index (χ1) is 19.5.